The van der Waals surface area contributed by atoms with Crippen LogP contribution in [-0.2, 0) is 0 Å². The van der Waals surface area contributed by atoms with Crippen LogP contribution in [0, 0.1) is 10.1 Å². The molecule has 0 saturated carbocycles. The molecular formula is C20H15NO4. The lowest BCUT2D eigenvalue weighted by Gasteiger charge is -2.18. The monoisotopic (exact) mass is 333 g/mol. The predicted octanol–water partition coefficient (Wildman–Crippen LogP) is 4.60. The molecule has 0 heterocycles. The molecule has 0 fully saturated rings. The molecule has 0 bridgehead atoms. The van der Waals surface area contributed by atoms with Gasteiger partial charge in [-0.3, -0.25) is 14.9 Å². The van der Waals surface area contributed by atoms with Crippen LogP contribution in [0.1, 0.15) is 22.0 Å². The molecule has 3 rings (SSSR count). The van der Waals surface area contributed by atoms with E-state index in [1.807, 2.05) is 12.1 Å². The van der Waals surface area contributed by atoms with Crippen LogP contribution < -0.4 is 4.74 Å². The van der Waals surface area contributed by atoms with Crippen molar-refractivity contribution in [3.8, 4) is 5.75 Å². The van der Waals surface area contributed by atoms with Crippen LogP contribution in [0.15, 0.2) is 84.9 Å². The smallest absolute Gasteiger partial charge is 0.310 e. The summed E-state index contributed by atoms with van der Waals surface area (Å²) in [5.41, 5.74) is 0.939. The Morgan fingerprint density at radius 2 is 1.40 bits per heavy atom. The molecule has 124 valence electrons. The van der Waals surface area contributed by atoms with Crippen molar-refractivity contribution in [2.75, 3.05) is 0 Å². The Morgan fingerprint density at radius 3 is 2.04 bits per heavy atom. The maximum Gasteiger partial charge on any atom is 0.310 e. The van der Waals surface area contributed by atoms with Gasteiger partial charge in [0, 0.05) is 17.2 Å². The third-order valence-electron chi connectivity index (χ3n) is 3.71. The topological polar surface area (TPSA) is 69.4 Å². The Kier molecular flexibility index (Phi) is 4.85. The number of rotatable bonds is 6. The third kappa shape index (κ3) is 3.72. The molecule has 5 nitrogen and oxygen atoms in total. The van der Waals surface area contributed by atoms with E-state index in [-0.39, 0.29) is 17.2 Å². The van der Waals surface area contributed by atoms with E-state index in [9.17, 15) is 14.9 Å². The average molecular weight is 333 g/mol. The van der Waals surface area contributed by atoms with Crippen molar-refractivity contribution in [1.29, 1.82) is 0 Å². The Hall–Kier alpha value is -3.47. The van der Waals surface area contributed by atoms with Crippen molar-refractivity contribution in [1.82, 2.24) is 0 Å². The van der Waals surface area contributed by atoms with Gasteiger partial charge in [0.1, 0.15) is 0 Å². The minimum atomic E-state index is -0.968. The third-order valence-corrected chi connectivity index (χ3v) is 3.71. The van der Waals surface area contributed by atoms with Gasteiger partial charge in [-0.1, -0.05) is 72.8 Å². The van der Waals surface area contributed by atoms with Gasteiger partial charge >= 0.3 is 5.69 Å². The number of benzene rings is 3. The normalized spacial score (nSPS) is 11.5. The molecule has 0 aromatic heterocycles. The first-order valence-corrected chi connectivity index (χ1v) is 7.71. The number of Topliss-reactive ketones (excluding diaryl/α,β-unsaturated/α-hetero) is 1. The minimum absolute atomic E-state index is 0.0608. The van der Waals surface area contributed by atoms with Crippen molar-refractivity contribution in [3.05, 3.63) is 106 Å². The molecule has 1 atom stereocenters. The zero-order valence-electron chi connectivity index (χ0n) is 13.2. The summed E-state index contributed by atoms with van der Waals surface area (Å²) in [7, 11) is 0. The Labute approximate surface area is 144 Å². The second-order valence-corrected chi connectivity index (χ2v) is 5.36. The molecule has 0 aliphatic carbocycles. The second-order valence-electron chi connectivity index (χ2n) is 5.36. The lowest BCUT2D eigenvalue weighted by atomic mass is 10.00. The molecule has 25 heavy (non-hydrogen) atoms. The van der Waals surface area contributed by atoms with Gasteiger partial charge in [-0.2, -0.15) is 0 Å². The van der Waals surface area contributed by atoms with Gasteiger partial charge in [0.15, 0.2) is 11.9 Å². The number of nitro groups is 1. The highest BCUT2D eigenvalue weighted by Gasteiger charge is 2.26. The maximum absolute atomic E-state index is 12.9. The molecule has 3 aromatic carbocycles. The first-order valence-electron chi connectivity index (χ1n) is 7.71. The summed E-state index contributed by atoms with van der Waals surface area (Å²) in [5, 5.41) is 11.2. The van der Waals surface area contributed by atoms with Crippen LogP contribution in [0.25, 0.3) is 0 Å². The number of nitro benzene ring substituents is 1. The number of carbonyl (C=O) groups excluding carboxylic acids is 1. The molecule has 0 N–H and O–H groups in total. The van der Waals surface area contributed by atoms with Gasteiger partial charge in [-0.25, -0.2) is 0 Å². The van der Waals surface area contributed by atoms with Crippen LogP contribution >= 0.6 is 0 Å². The highest BCUT2D eigenvalue weighted by Crippen LogP contribution is 2.32. The summed E-state index contributed by atoms with van der Waals surface area (Å²) in [6, 6.07) is 23.7. The summed E-state index contributed by atoms with van der Waals surface area (Å²) in [6.07, 6.45) is -0.968. The molecule has 0 aliphatic rings. The van der Waals surface area contributed by atoms with Gasteiger partial charge in [-0.15, -0.1) is 0 Å². The van der Waals surface area contributed by atoms with Crippen LogP contribution in [0.2, 0.25) is 0 Å². The van der Waals surface area contributed by atoms with E-state index in [0.29, 0.717) is 11.1 Å². The molecule has 3 aromatic rings. The zero-order valence-corrected chi connectivity index (χ0v) is 13.2. The molecule has 0 unspecified atom stereocenters. The minimum Gasteiger partial charge on any atom is -0.470 e. The quantitative estimate of drug-likeness (QED) is 0.375. The number of ketones is 1. The van der Waals surface area contributed by atoms with Crippen molar-refractivity contribution in [2.45, 2.75) is 6.10 Å². The van der Waals surface area contributed by atoms with E-state index < -0.39 is 11.0 Å². The molecule has 0 amide bonds. The van der Waals surface area contributed by atoms with E-state index in [0.717, 1.165) is 0 Å². The molecular weight excluding hydrogens is 318 g/mol. The predicted molar refractivity (Wildman–Crippen MR) is 93.7 cm³/mol. The Balaban J connectivity index is 2.01. The first kappa shape index (κ1) is 16.4. The highest BCUT2D eigenvalue weighted by molar-refractivity contribution is 6.00. The van der Waals surface area contributed by atoms with E-state index in [4.69, 9.17) is 4.74 Å². The van der Waals surface area contributed by atoms with Gasteiger partial charge in [0.2, 0.25) is 5.78 Å². The zero-order chi connectivity index (χ0) is 17.6. The molecule has 0 aliphatic heterocycles. The van der Waals surface area contributed by atoms with Crippen molar-refractivity contribution in [3.63, 3.8) is 0 Å². The van der Waals surface area contributed by atoms with E-state index >= 15 is 0 Å². The molecule has 0 spiro atoms. The molecule has 0 saturated heterocycles. The number of para-hydroxylation sites is 2. The van der Waals surface area contributed by atoms with Crippen molar-refractivity contribution >= 4 is 11.5 Å². The van der Waals surface area contributed by atoms with Gasteiger partial charge < -0.3 is 4.74 Å². The van der Waals surface area contributed by atoms with Crippen LogP contribution in [0.5, 0.6) is 5.75 Å². The van der Waals surface area contributed by atoms with Gasteiger partial charge in [-0.05, 0) is 6.07 Å². The summed E-state index contributed by atoms with van der Waals surface area (Å²) in [4.78, 5) is 23.6. The van der Waals surface area contributed by atoms with Gasteiger partial charge in [0.25, 0.3) is 0 Å². The summed E-state index contributed by atoms with van der Waals surface area (Å²) < 4.78 is 5.82. The number of hydrogen-bond donors (Lipinski definition) is 0. The fourth-order valence-corrected chi connectivity index (χ4v) is 2.49. The number of ether oxygens (including phenoxy) is 1. The van der Waals surface area contributed by atoms with Crippen LogP contribution in [0.3, 0.4) is 0 Å². The van der Waals surface area contributed by atoms with E-state index in [1.54, 1.807) is 60.7 Å². The Bertz CT molecular complexity index is 878. The van der Waals surface area contributed by atoms with E-state index in [1.165, 1.54) is 12.1 Å². The standard InChI is InChI=1S/C20H15NO4/c22-19(15-9-3-1-4-10-15)20(16-11-5-2-6-12-16)25-18-14-8-7-13-17(18)21(23)24/h1-14,20H/t20-/m1/s1. The maximum atomic E-state index is 12.9. The fourth-order valence-electron chi connectivity index (χ4n) is 2.49. The Morgan fingerprint density at radius 1 is 0.840 bits per heavy atom. The average Bonchev–Trinajstić information content (AvgIpc) is 2.67. The molecule has 0 radical (unpaired) electrons. The lowest BCUT2D eigenvalue weighted by molar-refractivity contribution is -0.386. The fraction of sp³-hybridized carbons (Fsp3) is 0.0500. The number of nitrogens with zero attached hydrogens (tertiary/aromatic N) is 1. The lowest BCUT2D eigenvalue weighted by Crippen LogP contribution is -2.19. The second kappa shape index (κ2) is 7.40. The summed E-state index contributed by atoms with van der Waals surface area (Å²) in [6.45, 7) is 0. The highest BCUT2D eigenvalue weighted by atomic mass is 16.6. The largest absolute Gasteiger partial charge is 0.470 e. The molecule has 5 heteroatoms. The summed E-state index contributed by atoms with van der Waals surface area (Å²) >= 11 is 0. The summed E-state index contributed by atoms with van der Waals surface area (Å²) in [5.74, 6) is -0.199. The van der Waals surface area contributed by atoms with Crippen molar-refractivity contribution in [2.24, 2.45) is 0 Å². The van der Waals surface area contributed by atoms with E-state index in [2.05, 4.69) is 0 Å². The van der Waals surface area contributed by atoms with Crippen LogP contribution in [-0.4, -0.2) is 10.7 Å². The number of hydrogen-bond acceptors (Lipinski definition) is 4. The number of carbonyl (C=O) groups is 1. The van der Waals surface area contributed by atoms with Crippen molar-refractivity contribution < 1.29 is 14.5 Å². The van der Waals surface area contributed by atoms with Gasteiger partial charge in [0.05, 0.1) is 4.92 Å². The van der Waals surface area contributed by atoms with Crippen LogP contribution in [0.4, 0.5) is 5.69 Å². The SMILES string of the molecule is O=C(c1ccccc1)[C@H](Oc1ccccc1[N+](=O)[O-])c1ccccc1. The first-order chi connectivity index (χ1) is 12.2.